The number of aromatic amines is 1. The predicted molar refractivity (Wildman–Crippen MR) is 82.2 cm³/mol. The normalized spacial score (nSPS) is 11.7. The molecule has 0 aliphatic carbocycles. The molecule has 0 bridgehead atoms. The van der Waals surface area contributed by atoms with Crippen molar-refractivity contribution < 1.29 is 13.2 Å². The molecule has 0 saturated heterocycles. The zero-order valence-electron chi connectivity index (χ0n) is 11.6. The Morgan fingerprint density at radius 2 is 2.05 bits per heavy atom. The van der Waals surface area contributed by atoms with Crippen molar-refractivity contribution >= 4 is 26.8 Å². The van der Waals surface area contributed by atoms with Crippen LogP contribution in [0.2, 0.25) is 0 Å². The number of aryl methyl sites for hydroxylation is 1. The summed E-state index contributed by atoms with van der Waals surface area (Å²) >= 11 is 0. The van der Waals surface area contributed by atoms with Crippen molar-refractivity contribution in [2.24, 2.45) is 5.14 Å². The van der Waals surface area contributed by atoms with Crippen LogP contribution >= 0.6 is 0 Å². The molecule has 0 aliphatic heterocycles. The molecule has 7 heteroatoms. The molecule has 1 heterocycles. The van der Waals surface area contributed by atoms with E-state index in [-0.39, 0.29) is 18.2 Å². The Morgan fingerprint density at radius 1 is 1.29 bits per heavy atom. The monoisotopic (exact) mass is 309 g/mol. The number of nitrogens with one attached hydrogen (secondary N) is 2. The van der Waals surface area contributed by atoms with Crippen LogP contribution < -0.4 is 10.5 Å². The number of aromatic nitrogens is 1. The van der Waals surface area contributed by atoms with Crippen molar-refractivity contribution in [3.05, 3.63) is 36.0 Å². The van der Waals surface area contributed by atoms with Gasteiger partial charge in [-0.15, -0.1) is 0 Å². The first-order valence-electron chi connectivity index (χ1n) is 6.78. The minimum absolute atomic E-state index is 0.0603. The van der Waals surface area contributed by atoms with Crippen molar-refractivity contribution in [3.63, 3.8) is 0 Å². The molecule has 0 fully saturated rings. The highest BCUT2D eigenvalue weighted by Gasteiger charge is 2.07. The Hall–Kier alpha value is -1.86. The number of benzene rings is 1. The Labute approximate surface area is 123 Å². The Morgan fingerprint density at radius 3 is 2.81 bits per heavy atom. The van der Waals surface area contributed by atoms with Gasteiger partial charge >= 0.3 is 0 Å². The van der Waals surface area contributed by atoms with E-state index in [9.17, 15) is 13.2 Å². The molecule has 0 atom stereocenters. The maximum absolute atomic E-state index is 11.6. The molecular formula is C14H19N3O3S. The first-order chi connectivity index (χ1) is 9.96. The van der Waals surface area contributed by atoms with Crippen molar-refractivity contribution in [3.8, 4) is 0 Å². The smallest absolute Gasteiger partial charge is 0.220 e. The highest BCUT2D eigenvalue weighted by molar-refractivity contribution is 7.89. The van der Waals surface area contributed by atoms with E-state index in [1.165, 1.54) is 10.9 Å². The molecule has 0 saturated carbocycles. The van der Waals surface area contributed by atoms with Gasteiger partial charge in [0, 0.05) is 30.1 Å². The molecule has 114 valence electrons. The van der Waals surface area contributed by atoms with E-state index >= 15 is 0 Å². The number of carbonyl (C=O) groups excluding carboxylic acids is 1. The van der Waals surface area contributed by atoms with E-state index in [1.807, 2.05) is 30.5 Å². The molecule has 2 rings (SSSR count). The topological polar surface area (TPSA) is 105 Å². The van der Waals surface area contributed by atoms with Gasteiger partial charge in [0.25, 0.3) is 0 Å². The lowest BCUT2D eigenvalue weighted by Gasteiger charge is -2.04. The van der Waals surface area contributed by atoms with E-state index < -0.39 is 10.0 Å². The van der Waals surface area contributed by atoms with Crippen molar-refractivity contribution in [2.45, 2.75) is 19.3 Å². The molecule has 0 unspecified atom stereocenters. The molecule has 1 aromatic heterocycles. The highest BCUT2D eigenvalue weighted by atomic mass is 32.2. The highest BCUT2D eigenvalue weighted by Crippen LogP contribution is 2.19. The summed E-state index contributed by atoms with van der Waals surface area (Å²) in [5.74, 6) is -0.389. The van der Waals surface area contributed by atoms with Crippen molar-refractivity contribution in [2.75, 3.05) is 12.3 Å². The number of fused-ring (bicyclic) bond motifs is 1. The first kappa shape index (κ1) is 15.5. The maximum Gasteiger partial charge on any atom is 0.220 e. The summed E-state index contributed by atoms with van der Waals surface area (Å²) in [5, 5.41) is 8.58. The van der Waals surface area contributed by atoms with Crippen LogP contribution in [0.5, 0.6) is 0 Å². The van der Waals surface area contributed by atoms with E-state index in [4.69, 9.17) is 5.14 Å². The molecular weight excluding hydrogens is 290 g/mol. The second-order valence-corrected chi connectivity index (χ2v) is 6.66. The second kappa shape index (κ2) is 6.73. The standard InChI is InChI=1S/C14H19N3O3S/c15-21(19,20)9-8-16-14(18)7-3-4-11-10-17-13-6-2-1-5-12(11)13/h1-2,5-6,10,17H,3-4,7-9H2,(H,16,18)(H2,15,19,20). The second-order valence-electron chi connectivity index (χ2n) is 4.93. The van der Waals surface area contributed by atoms with E-state index in [0.29, 0.717) is 12.8 Å². The lowest BCUT2D eigenvalue weighted by atomic mass is 10.1. The SMILES string of the molecule is NS(=O)(=O)CCNC(=O)CCCc1c[nH]c2ccccc12. The predicted octanol–water partition coefficient (Wildman–Crippen LogP) is 0.895. The average molecular weight is 309 g/mol. The summed E-state index contributed by atoms with van der Waals surface area (Å²) in [7, 11) is -3.52. The number of rotatable bonds is 7. The van der Waals surface area contributed by atoms with Gasteiger partial charge < -0.3 is 10.3 Å². The van der Waals surface area contributed by atoms with Gasteiger partial charge in [-0.3, -0.25) is 4.79 Å². The third-order valence-corrected chi connectivity index (χ3v) is 4.01. The summed E-state index contributed by atoms with van der Waals surface area (Å²) in [6.45, 7) is 0.0603. The molecule has 1 amide bonds. The van der Waals surface area contributed by atoms with Gasteiger partial charge in [0.05, 0.1) is 5.75 Å². The fraction of sp³-hybridized carbons (Fsp3) is 0.357. The third kappa shape index (κ3) is 4.87. The van der Waals surface area contributed by atoms with Crippen molar-refractivity contribution in [1.29, 1.82) is 0 Å². The summed E-state index contributed by atoms with van der Waals surface area (Å²) in [4.78, 5) is 14.8. The zero-order valence-corrected chi connectivity index (χ0v) is 12.4. The molecule has 0 spiro atoms. The molecule has 0 radical (unpaired) electrons. The molecule has 21 heavy (non-hydrogen) atoms. The van der Waals surface area contributed by atoms with Crippen LogP contribution in [0.25, 0.3) is 10.9 Å². The average Bonchev–Trinajstić information content (AvgIpc) is 2.81. The van der Waals surface area contributed by atoms with Gasteiger partial charge in [-0.25, -0.2) is 13.6 Å². The number of carbonyl (C=O) groups is 1. The quantitative estimate of drug-likeness (QED) is 0.707. The molecule has 0 aliphatic rings. The maximum atomic E-state index is 11.6. The Balaban J connectivity index is 1.75. The third-order valence-electron chi connectivity index (χ3n) is 3.23. The van der Waals surface area contributed by atoms with Crippen LogP contribution in [-0.2, 0) is 21.2 Å². The molecule has 2 aromatic rings. The van der Waals surface area contributed by atoms with Crippen LogP contribution in [0, 0.1) is 0 Å². The lowest BCUT2D eigenvalue weighted by molar-refractivity contribution is -0.121. The van der Waals surface area contributed by atoms with Crippen LogP contribution in [-0.4, -0.2) is 31.6 Å². The van der Waals surface area contributed by atoms with Crippen LogP contribution in [0.1, 0.15) is 18.4 Å². The van der Waals surface area contributed by atoms with Crippen molar-refractivity contribution in [1.82, 2.24) is 10.3 Å². The largest absolute Gasteiger partial charge is 0.361 e. The van der Waals surface area contributed by atoms with E-state index in [2.05, 4.69) is 10.3 Å². The van der Waals surface area contributed by atoms with E-state index in [0.717, 1.165) is 11.9 Å². The molecule has 4 N–H and O–H groups in total. The number of nitrogens with two attached hydrogens (primary N) is 1. The van der Waals surface area contributed by atoms with Gasteiger partial charge in [0.1, 0.15) is 0 Å². The Kier molecular flexibility index (Phi) is 4.98. The Bertz CT molecular complexity index is 722. The fourth-order valence-corrected chi connectivity index (χ4v) is 2.59. The number of primary sulfonamides is 1. The van der Waals surface area contributed by atoms with Gasteiger partial charge in [0.2, 0.25) is 15.9 Å². The fourth-order valence-electron chi connectivity index (χ4n) is 2.20. The summed E-state index contributed by atoms with van der Waals surface area (Å²) in [6, 6.07) is 8.02. The van der Waals surface area contributed by atoms with Crippen LogP contribution in [0.4, 0.5) is 0 Å². The first-order valence-corrected chi connectivity index (χ1v) is 8.49. The van der Waals surface area contributed by atoms with Crippen LogP contribution in [0.3, 0.4) is 0 Å². The van der Waals surface area contributed by atoms with Gasteiger partial charge in [-0.1, -0.05) is 18.2 Å². The minimum atomic E-state index is -3.52. The number of para-hydroxylation sites is 1. The summed E-state index contributed by atoms with van der Waals surface area (Å²) in [5.41, 5.74) is 2.27. The number of hydrogen-bond acceptors (Lipinski definition) is 3. The minimum Gasteiger partial charge on any atom is -0.361 e. The number of H-pyrrole nitrogens is 1. The van der Waals surface area contributed by atoms with Gasteiger partial charge in [0.15, 0.2) is 0 Å². The van der Waals surface area contributed by atoms with Gasteiger partial charge in [-0.05, 0) is 24.5 Å². The molecule has 6 nitrogen and oxygen atoms in total. The summed E-state index contributed by atoms with van der Waals surface area (Å²) < 4.78 is 21.5. The number of amides is 1. The lowest BCUT2D eigenvalue weighted by Crippen LogP contribution is -2.31. The molecule has 1 aromatic carbocycles. The van der Waals surface area contributed by atoms with E-state index in [1.54, 1.807) is 0 Å². The summed E-state index contributed by atoms with van der Waals surface area (Å²) in [6.07, 6.45) is 3.84. The number of hydrogen-bond donors (Lipinski definition) is 3. The van der Waals surface area contributed by atoms with Crippen LogP contribution in [0.15, 0.2) is 30.5 Å². The van der Waals surface area contributed by atoms with Gasteiger partial charge in [-0.2, -0.15) is 0 Å². The number of sulfonamides is 1. The zero-order chi connectivity index (χ0) is 15.3.